The number of anilines is 1. The van der Waals surface area contributed by atoms with Crippen LogP contribution in [0, 0.1) is 18.6 Å². The molecule has 4 rings (SSSR count). The van der Waals surface area contributed by atoms with Crippen molar-refractivity contribution in [3.05, 3.63) is 53.0 Å². The van der Waals surface area contributed by atoms with E-state index in [9.17, 15) is 13.6 Å². The van der Waals surface area contributed by atoms with Gasteiger partial charge in [-0.1, -0.05) is 6.07 Å². The Kier molecular flexibility index (Phi) is 4.30. The van der Waals surface area contributed by atoms with Crippen LogP contribution in [0.15, 0.2) is 24.3 Å². The summed E-state index contributed by atoms with van der Waals surface area (Å²) >= 11 is 0. The van der Waals surface area contributed by atoms with E-state index in [0.29, 0.717) is 24.6 Å². The summed E-state index contributed by atoms with van der Waals surface area (Å²) in [7, 11) is 0. The number of hydrogen-bond donors (Lipinski definition) is 0. The fourth-order valence-electron chi connectivity index (χ4n) is 3.19. The maximum absolute atomic E-state index is 13.4. The number of amides is 1. The average molecular weight is 358 g/mol. The molecule has 0 radical (unpaired) electrons. The van der Waals surface area contributed by atoms with Gasteiger partial charge in [-0.15, -0.1) is 0 Å². The number of carbonyl (C=O) groups is 1. The van der Waals surface area contributed by atoms with Gasteiger partial charge >= 0.3 is 0 Å². The zero-order valence-corrected chi connectivity index (χ0v) is 14.6. The number of rotatable bonds is 4. The second kappa shape index (κ2) is 6.63. The molecule has 1 amide bonds. The summed E-state index contributed by atoms with van der Waals surface area (Å²) in [4.78, 5) is 25.3. The van der Waals surface area contributed by atoms with E-state index in [1.54, 1.807) is 4.90 Å². The Morgan fingerprint density at radius 2 is 1.92 bits per heavy atom. The molecule has 2 heterocycles. The van der Waals surface area contributed by atoms with Crippen LogP contribution in [0.25, 0.3) is 0 Å². The lowest BCUT2D eigenvalue weighted by Crippen LogP contribution is -2.50. The molecule has 1 aliphatic carbocycles. The Morgan fingerprint density at radius 3 is 2.62 bits per heavy atom. The first-order valence-corrected chi connectivity index (χ1v) is 8.82. The third kappa shape index (κ3) is 3.52. The molecule has 1 aromatic carbocycles. The molecule has 7 heteroatoms. The zero-order valence-electron chi connectivity index (χ0n) is 14.6. The molecule has 2 fully saturated rings. The molecule has 1 aromatic heterocycles. The van der Waals surface area contributed by atoms with Gasteiger partial charge < -0.3 is 9.80 Å². The fourth-order valence-corrected chi connectivity index (χ4v) is 3.19. The number of aryl methyl sites for hydroxylation is 1. The zero-order chi connectivity index (χ0) is 18.3. The van der Waals surface area contributed by atoms with Crippen LogP contribution in [0.3, 0.4) is 0 Å². The first-order valence-electron chi connectivity index (χ1n) is 8.82. The molecule has 2 aliphatic rings. The Labute approximate surface area is 150 Å². The molecule has 2 aromatic rings. The van der Waals surface area contributed by atoms with Gasteiger partial charge in [0.2, 0.25) is 5.91 Å². The van der Waals surface area contributed by atoms with Crippen molar-refractivity contribution in [2.24, 2.45) is 0 Å². The van der Waals surface area contributed by atoms with E-state index in [1.807, 2.05) is 17.9 Å². The number of nitrogens with zero attached hydrogens (tertiary/aromatic N) is 4. The monoisotopic (exact) mass is 358 g/mol. The van der Waals surface area contributed by atoms with Gasteiger partial charge in [-0.2, -0.15) is 0 Å². The molecule has 1 saturated heterocycles. The van der Waals surface area contributed by atoms with Crippen molar-refractivity contribution in [1.82, 2.24) is 14.9 Å². The van der Waals surface area contributed by atoms with Crippen LogP contribution in [-0.4, -0.2) is 40.4 Å². The van der Waals surface area contributed by atoms with E-state index in [4.69, 9.17) is 0 Å². The second-order valence-corrected chi connectivity index (χ2v) is 6.99. The van der Waals surface area contributed by atoms with Gasteiger partial charge in [0.1, 0.15) is 11.6 Å². The number of hydrogen-bond acceptors (Lipinski definition) is 4. The van der Waals surface area contributed by atoms with Crippen molar-refractivity contribution < 1.29 is 13.6 Å². The van der Waals surface area contributed by atoms with Gasteiger partial charge in [-0.3, -0.25) is 4.79 Å². The molecule has 0 bridgehead atoms. The summed E-state index contributed by atoms with van der Waals surface area (Å²) in [5, 5.41) is 0. The van der Waals surface area contributed by atoms with E-state index in [1.165, 1.54) is 6.07 Å². The number of piperazine rings is 1. The van der Waals surface area contributed by atoms with Crippen molar-refractivity contribution in [2.45, 2.75) is 32.2 Å². The molecule has 0 N–H and O–H groups in total. The molecule has 0 atom stereocenters. The normalized spacial score (nSPS) is 17.7. The standard InChI is InChI=1S/C19H20F2N4O/c1-12-8-17(23-19(22-12)14-3-4-14)24-6-7-25(18(26)11-24)10-13-2-5-15(20)16(21)9-13/h2,5,8-9,14H,3-4,6-7,10-11H2,1H3. The molecule has 0 unspecified atom stereocenters. The molecule has 136 valence electrons. The van der Waals surface area contributed by atoms with E-state index in [0.717, 1.165) is 42.3 Å². The second-order valence-electron chi connectivity index (χ2n) is 6.99. The predicted molar refractivity (Wildman–Crippen MR) is 92.7 cm³/mol. The van der Waals surface area contributed by atoms with Gasteiger partial charge in [0.25, 0.3) is 0 Å². The largest absolute Gasteiger partial charge is 0.345 e. The lowest BCUT2D eigenvalue weighted by Gasteiger charge is -2.35. The first-order chi connectivity index (χ1) is 12.5. The van der Waals surface area contributed by atoms with Crippen LogP contribution in [0.1, 0.15) is 35.8 Å². The summed E-state index contributed by atoms with van der Waals surface area (Å²) < 4.78 is 26.4. The van der Waals surface area contributed by atoms with E-state index >= 15 is 0 Å². The molecule has 0 spiro atoms. The van der Waals surface area contributed by atoms with Crippen LogP contribution in [0.2, 0.25) is 0 Å². The minimum Gasteiger partial charge on any atom is -0.345 e. The summed E-state index contributed by atoms with van der Waals surface area (Å²) in [6.45, 7) is 3.61. The van der Waals surface area contributed by atoms with Crippen molar-refractivity contribution in [3.8, 4) is 0 Å². The molecule has 1 saturated carbocycles. The first kappa shape index (κ1) is 16.9. The number of carbonyl (C=O) groups excluding carboxylic acids is 1. The maximum Gasteiger partial charge on any atom is 0.242 e. The third-order valence-corrected chi connectivity index (χ3v) is 4.80. The van der Waals surface area contributed by atoms with Crippen LogP contribution in [0.4, 0.5) is 14.6 Å². The van der Waals surface area contributed by atoms with Gasteiger partial charge in [0, 0.05) is 37.3 Å². The quantitative estimate of drug-likeness (QED) is 0.843. The van der Waals surface area contributed by atoms with Crippen LogP contribution >= 0.6 is 0 Å². The van der Waals surface area contributed by atoms with Crippen molar-refractivity contribution >= 4 is 11.7 Å². The Balaban J connectivity index is 1.45. The highest BCUT2D eigenvalue weighted by molar-refractivity contribution is 5.82. The fraction of sp³-hybridized carbons (Fsp3) is 0.421. The molecule has 5 nitrogen and oxygen atoms in total. The highest BCUT2D eigenvalue weighted by Gasteiger charge is 2.29. The number of aromatic nitrogens is 2. The summed E-state index contributed by atoms with van der Waals surface area (Å²) in [6.07, 6.45) is 2.26. The highest BCUT2D eigenvalue weighted by Crippen LogP contribution is 2.38. The van der Waals surface area contributed by atoms with Gasteiger partial charge in [0.15, 0.2) is 11.6 Å². The topological polar surface area (TPSA) is 49.3 Å². The summed E-state index contributed by atoms with van der Waals surface area (Å²) in [5.74, 6) is 0.300. The van der Waals surface area contributed by atoms with Gasteiger partial charge in [-0.25, -0.2) is 18.7 Å². The molecule has 1 aliphatic heterocycles. The van der Waals surface area contributed by atoms with Crippen molar-refractivity contribution in [1.29, 1.82) is 0 Å². The minimum atomic E-state index is -0.891. The minimum absolute atomic E-state index is 0.0507. The van der Waals surface area contributed by atoms with Crippen LogP contribution in [0.5, 0.6) is 0 Å². The third-order valence-electron chi connectivity index (χ3n) is 4.80. The van der Waals surface area contributed by atoms with E-state index in [-0.39, 0.29) is 19.0 Å². The maximum atomic E-state index is 13.4. The lowest BCUT2D eigenvalue weighted by molar-refractivity contribution is -0.131. The van der Waals surface area contributed by atoms with Gasteiger partial charge in [-0.05, 0) is 37.5 Å². The van der Waals surface area contributed by atoms with Gasteiger partial charge in [0.05, 0.1) is 6.54 Å². The number of benzene rings is 1. The predicted octanol–water partition coefficient (Wildman–Crippen LogP) is 2.79. The van der Waals surface area contributed by atoms with Crippen molar-refractivity contribution in [2.75, 3.05) is 24.5 Å². The Morgan fingerprint density at radius 1 is 1.12 bits per heavy atom. The van der Waals surface area contributed by atoms with E-state index in [2.05, 4.69) is 9.97 Å². The molecular weight excluding hydrogens is 338 g/mol. The van der Waals surface area contributed by atoms with Crippen molar-refractivity contribution in [3.63, 3.8) is 0 Å². The Hall–Kier alpha value is -2.57. The summed E-state index contributed by atoms with van der Waals surface area (Å²) in [5.41, 5.74) is 1.49. The SMILES string of the molecule is Cc1cc(N2CCN(Cc3ccc(F)c(F)c3)C(=O)C2)nc(C2CC2)n1. The average Bonchev–Trinajstić information content (AvgIpc) is 3.44. The van der Waals surface area contributed by atoms with E-state index < -0.39 is 11.6 Å². The molecular formula is C19H20F2N4O. The molecule has 26 heavy (non-hydrogen) atoms. The number of halogens is 2. The summed E-state index contributed by atoms with van der Waals surface area (Å²) in [6, 6.07) is 5.65. The smallest absolute Gasteiger partial charge is 0.242 e. The van der Waals surface area contributed by atoms with Crippen LogP contribution in [-0.2, 0) is 11.3 Å². The highest BCUT2D eigenvalue weighted by atomic mass is 19.2. The van der Waals surface area contributed by atoms with Crippen LogP contribution < -0.4 is 4.90 Å². The Bertz CT molecular complexity index is 853. The lowest BCUT2D eigenvalue weighted by atomic mass is 10.2.